The van der Waals surface area contributed by atoms with Gasteiger partial charge in [-0.15, -0.1) is 0 Å². The van der Waals surface area contributed by atoms with Crippen LogP contribution in [-0.2, 0) is 4.79 Å². The van der Waals surface area contributed by atoms with Gasteiger partial charge in [0.2, 0.25) is 5.78 Å². The van der Waals surface area contributed by atoms with Crippen LogP contribution in [-0.4, -0.2) is 9.58 Å². The molecule has 0 spiro atoms. The molecule has 0 saturated carbocycles. The third kappa shape index (κ3) is 3.93. The fraction of sp³-hybridized carbons (Fsp3) is 0.100. The highest BCUT2D eigenvalue weighted by Gasteiger charge is 2.27. The summed E-state index contributed by atoms with van der Waals surface area (Å²) in [6.07, 6.45) is 2.51. The number of hydrogen-bond donors (Lipinski definition) is 2. The summed E-state index contributed by atoms with van der Waals surface area (Å²) in [6, 6.07) is 7.10. The van der Waals surface area contributed by atoms with Gasteiger partial charge in [0.1, 0.15) is 0 Å². The zero-order valence-electron chi connectivity index (χ0n) is 8.08. The topological polar surface area (TPSA) is 55.1 Å². The lowest BCUT2D eigenvalue weighted by atomic mass is 10.3. The van der Waals surface area contributed by atoms with Crippen LogP contribution >= 0.6 is 34.8 Å². The largest absolute Gasteiger partial charge is 0.397 e. The van der Waals surface area contributed by atoms with Gasteiger partial charge in [0, 0.05) is 12.3 Å². The van der Waals surface area contributed by atoms with E-state index in [9.17, 15) is 4.79 Å². The van der Waals surface area contributed by atoms with Gasteiger partial charge in [0.15, 0.2) is 0 Å². The minimum absolute atomic E-state index is 0.563. The number of halogens is 3. The second kappa shape index (κ2) is 5.43. The number of hydrogen-bond acceptors (Lipinski definition) is 3. The van der Waals surface area contributed by atoms with Crippen molar-refractivity contribution in [3.8, 4) is 0 Å². The Morgan fingerprint density at radius 1 is 1.31 bits per heavy atom. The summed E-state index contributed by atoms with van der Waals surface area (Å²) in [4.78, 5) is 11.2. The Balaban J connectivity index is 2.62. The lowest BCUT2D eigenvalue weighted by Gasteiger charge is -2.06. The van der Waals surface area contributed by atoms with Gasteiger partial charge >= 0.3 is 0 Å². The van der Waals surface area contributed by atoms with Crippen molar-refractivity contribution in [2.45, 2.75) is 3.79 Å². The summed E-state index contributed by atoms with van der Waals surface area (Å²) in [6.45, 7) is 0. The second-order valence-corrected chi connectivity index (χ2v) is 5.21. The van der Waals surface area contributed by atoms with E-state index < -0.39 is 9.58 Å². The highest BCUT2D eigenvalue weighted by molar-refractivity contribution is 6.77. The smallest absolute Gasteiger partial charge is 0.252 e. The Morgan fingerprint density at radius 3 is 2.50 bits per heavy atom. The highest BCUT2D eigenvalue weighted by Crippen LogP contribution is 2.27. The number of nitrogens with one attached hydrogen (secondary N) is 1. The maximum atomic E-state index is 11.2. The van der Waals surface area contributed by atoms with E-state index in [-0.39, 0.29) is 0 Å². The predicted molar refractivity (Wildman–Crippen MR) is 68.9 cm³/mol. The second-order valence-electron chi connectivity index (χ2n) is 2.93. The van der Waals surface area contributed by atoms with Crippen molar-refractivity contribution in [2.24, 2.45) is 0 Å². The van der Waals surface area contributed by atoms with Gasteiger partial charge in [0.25, 0.3) is 3.79 Å². The van der Waals surface area contributed by atoms with Crippen LogP contribution in [0.25, 0.3) is 0 Å². The first kappa shape index (κ1) is 13.2. The summed E-state index contributed by atoms with van der Waals surface area (Å²) in [5, 5.41) is 2.81. The fourth-order valence-electron chi connectivity index (χ4n) is 0.930. The summed E-state index contributed by atoms with van der Waals surface area (Å²) in [5.74, 6) is -0.625. The van der Waals surface area contributed by atoms with Crippen LogP contribution < -0.4 is 11.1 Å². The quantitative estimate of drug-likeness (QED) is 0.508. The van der Waals surface area contributed by atoms with E-state index in [1.165, 1.54) is 6.20 Å². The number of benzene rings is 1. The molecule has 0 bridgehead atoms. The van der Waals surface area contributed by atoms with Gasteiger partial charge in [-0.2, -0.15) is 0 Å². The normalized spacial score (nSPS) is 11.7. The highest BCUT2D eigenvalue weighted by atomic mass is 35.6. The van der Waals surface area contributed by atoms with E-state index in [4.69, 9.17) is 40.5 Å². The molecule has 1 rings (SSSR count). The van der Waals surface area contributed by atoms with E-state index >= 15 is 0 Å². The first-order valence-electron chi connectivity index (χ1n) is 4.30. The molecular formula is C10H9Cl3N2O. The molecule has 0 unspecified atom stereocenters. The van der Waals surface area contributed by atoms with Gasteiger partial charge in [-0.1, -0.05) is 46.9 Å². The Hall–Kier alpha value is -0.900. The zero-order chi connectivity index (χ0) is 12.2. The van der Waals surface area contributed by atoms with Gasteiger partial charge in [-0.25, -0.2) is 0 Å². The number of para-hydroxylation sites is 2. The Bertz CT molecular complexity index is 413. The molecule has 0 radical (unpaired) electrons. The summed E-state index contributed by atoms with van der Waals surface area (Å²) >= 11 is 16.1. The number of nitrogens with two attached hydrogens (primary N) is 1. The lowest BCUT2D eigenvalue weighted by Crippen LogP contribution is -2.15. The Morgan fingerprint density at radius 2 is 1.94 bits per heavy atom. The van der Waals surface area contributed by atoms with Gasteiger partial charge in [-0.05, 0) is 12.1 Å². The van der Waals surface area contributed by atoms with Gasteiger partial charge in [-0.3, -0.25) is 4.79 Å². The standard InChI is InChI=1S/C10H9Cl3N2O/c11-10(12,13)9(16)5-6-15-8-4-2-1-3-7(8)14/h1-6,15H,14H2/b6-5+. The third-order valence-electron chi connectivity index (χ3n) is 1.71. The molecule has 86 valence electrons. The van der Waals surface area contributed by atoms with E-state index in [1.807, 2.05) is 6.07 Å². The van der Waals surface area contributed by atoms with Crippen LogP contribution in [0.15, 0.2) is 36.5 Å². The van der Waals surface area contributed by atoms with Crippen molar-refractivity contribution >= 4 is 52.0 Å². The van der Waals surface area contributed by atoms with Crippen molar-refractivity contribution in [3.63, 3.8) is 0 Å². The molecule has 0 fully saturated rings. The number of anilines is 2. The molecule has 1 aromatic carbocycles. The molecule has 0 aliphatic rings. The SMILES string of the molecule is Nc1ccccc1N/C=C/C(=O)C(Cl)(Cl)Cl. The monoisotopic (exact) mass is 278 g/mol. The van der Waals surface area contributed by atoms with Crippen molar-refractivity contribution < 1.29 is 4.79 Å². The van der Waals surface area contributed by atoms with Crippen molar-refractivity contribution in [3.05, 3.63) is 36.5 Å². The maximum absolute atomic E-state index is 11.2. The molecule has 16 heavy (non-hydrogen) atoms. The number of alkyl halides is 3. The zero-order valence-corrected chi connectivity index (χ0v) is 10.4. The van der Waals surface area contributed by atoms with Crippen molar-refractivity contribution in [2.75, 3.05) is 11.1 Å². The Labute approximate surface area is 108 Å². The van der Waals surface area contributed by atoms with Crippen LogP contribution in [0, 0.1) is 0 Å². The van der Waals surface area contributed by atoms with Crippen LogP contribution in [0.4, 0.5) is 11.4 Å². The molecular weight excluding hydrogens is 270 g/mol. The number of rotatable bonds is 3. The summed E-state index contributed by atoms with van der Waals surface area (Å²) in [5.41, 5.74) is 6.90. The number of ketones is 1. The molecule has 3 nitrogen and oxygen atoms in total. The molecule has 0 amide bonds. The number of nitrogen functional groups attached to an aromatic ring is 1. The lowest BCUT2D eigenvalue weighted by molar-refractivity contribution is -0.113. The first-order chi connectivity index (χ1) is 7.41. The van der Waals surface area contributed by atoms with Crippen molar-refractivity contribution in [1.82, 2.24) is 0 Å². The fourth-order valence-corrected chi connectivity index (χ4v) is 1.12. The average Bonchev–Trinajstić information content (AvgIpc) is 2.19. The molecule has 0 heterocycles. The van der Waals surface area contributed by atoms with Crippen LogP contribution in [0.2, 0.25) is 0 Å². The predicted octanol–water partition coefficient (Wildman–Crippen LogP) is 3.13. The number of carbonyl (C=O) groups excluding carboxylic acids is 1. The van der Waals surface area contributed by atoms with Gasteiger partial charge < -0.3 is 11.1 Å². The van der Waals surface area contributed by atoms with Crippen LogP contribution in [0.5, 0.6) is 0 Å². The molecule has 6 heteroatoms. The molecule has 0 aliphatic heterocycles. The van der Waals surface area contributed by atoms with Crippen molar-refractivity contribution in [1.29, 1.82) is 0 Å². The number of allylic oxidation sites excluding steroid dienone is 1. The molecule has 0 atom stereocenters. The van der Waals surface area contributed by atoms with E-state index in [0.29, 0.717) is 11.4 Å². The molecule has 3 N–H and O–H groups in total. The average molecular weight is 280 g/mol. The van der Waals surface area contributed by atoms with Gasteiger partial charge in [0.05, 0.1) is 11.4 Å². The van der Waals surface area contributed by atoms with E-state index in [1.54, 1.807) is 18.2 Å². The minimum atomic E-state index is -1.93. The Kier molecular flexibility index (Phi) is 4.47. The molecule has 0 aromatic heterocycles. The van der Waals surface area contributed by atoms with Crippen LogP contribution in [0.1, 0.15) is 0 Å². The van der Waals surface area contributed by atoms with E-state index in [0.717, 1.165) is 6.08 Å². The first-order valence-corrected chi connectivity index (χ1v) is 5.43. The van der Waals surface area contributed by atoms with E-state index in [2.05, 4.69) is 5.32 Å². The molecule has 0 aliphatic carbocycles. The molecule has 0 saturated heterocycles. The van der Waals surface area contributed by atoms with Crippen LogP contribution in [0.3, 0.4) is 0 Å². The third-order valence-corrected chi connectivity index (χ3v) is 2.27. The molecule has 1 aromatic rings. The maximum Gasteiger partial charge on any atom is 0.252 e. The minimum Gasteiger partial charge on any atom is -0.397 e. The number of carbonyl (C=O) groups is 1. The summed E-state index contributed by atoms with van der Waals surface area (Å²) in [7, 11) is 0. The summed E-state index contributed by atoms with van der Waals surface area (Å²) < 4.78 is -1.93.